The zero-order valence-electron chi connectivity index (χ0n) is 19.3. The van der Waals surface area contributed by atoms with Crippen molar-refractivity contribution in [1.82, 2.24) is 0 Å². The van der Waals surface area contributed by atoms with Crippen molar-refractivity contribution in [2.75, 3.05) is 0 Å². The van der Waals surface area contributed by atoms with Crippen molar-refractivity contribution >= 4 is 0 Å². The van der Waals surface area contributed by atoms with Crippen LogP contribution in [0.3, 0.4) is 0 Å². The van der Waals surface area contributed by atoms with Gasteiger partial charge in [-0.1, -0.05) is 47.5 Å². The first-order valence-corrected chi connectivity index (χ1v) is 11.0. The van der Waals surface area contributed by atoms with Crippen molar-refractivity contribution in [2.24, 2.45) is 0 Å². The van der Waals surface area contributed by atoms with Gasteiger partial charge in [0, 0.05) is 0 Å². The summed E-state index contributed by atoms with van der Waals surface area (Å²) in [4.78, 5) is 0. The summed E-state index contributed by atoms with van der Waals surface area (Å²) in [6.45, 7) is 7.23. The SMILES string of the molecule is C=[C-]c1ccccc1.[CH2-]c1ccccc1.[Ti+4].[c-]1cccc2c1Cc1ccccc1-2.c1cc[cH-]c1. The van der Waals surface area contributed by atoms with Gasteiger partial charge in [0.15, 0.2) is 0 Å². The van der Waals surface area contributed by atoms with E-state index in [0.29, 0.717) is 0 Å². The Balaban J connectivity index is 0.000000170. The predicted molar refractivity (Wildman–Crippen MR) is 141 cm³/mol. The van der Waals surface area contributed by atoms with Crippen molar-refractivity contribution in [3.8, 4) is 11.1 Å². The molecule has 0 atom stereocenters. The van der Waals surface area contributed by atoms with E-state index in [0.717, 1.165) is 17.5 Å². The van der Waals surface area contributed by atoms with Gasteiger partial charge < -0.3 is 0 Å². The fraction of sp³-hybridized carbons (Fsp3) is 0.0303. The molecule has 164 valence electrons. The van der Waals surface area contributed by atoms with Crippen molar-refractivity contribution in [3.05, 3.63) is 181 Å². The standard InChI is InChI=1S/C13H9.C8H7.C7H7.C5H5.Ti/c1-3-7-12-10(5-1)9-11-6-2-4-8-13(11)12;1-2-8-6-4-3-5-7-8;1-7-5-3-2-4-6-7;1-2-4-5-3-1;/h1-5,7-8H,9H2;3-7H,1H2;2-6H,1H2;1-5H;/q4*-1;+4. The molecule has 0 heterocycles. The molecule has 34 heavy (non-hydrogen) atoms. The van der Waals surface area contributed by atoms with Gasteiger partial charge in [-0.25, -0.2) is 12.1 Å². The summed E-state index contributed by atoms with van der Waals surface area (Å²) >= 11 is 0. The molecule has 0 saturated carbocycles. The quantitative estimate of drug-likeness (QED) is 0.167. The number of benzene rings is 4. The fourth-order valence-electron chi connectivity index (χ4n) is 3.35. The smallest absolute Gasteiger partial charge is 0.214 e. The Kier molecular flexibility index (Phi) is 12.1. The van der Waals surface area contributed by atoms with Gasteiger partial charge in [-0.05, 0) is 6.42 Å². The van der Waals surface area contributed by atoms with Crippen LogP contribution in [0, 0.1) is 19.1 Å². The molecule has 0 fully saturated rings. The topological polar surface area (TPSA) is 0 Å². The molecule has 1 heteroatoms. The molecule has 0 bridgehead atoms. The summed E-state index contributed by atoms with van der Waals surface area (Å²) in [6, 6.07) is 47.8. The molecule has 0 N–H and O–H groups in total. The van der Waals surface area contributed by atoms with Gasteiger partial charge in [0.05, 0.1) is 0 Å². The number of hydrogen-bond donors (Lipinski definition) is 0. The van der Waals surface area contributed by atoms with Crippen molar-refractivity contribution in [1.29, 1.82) is 0 Å². The van der Waals surface area contributed by atoms with Gasteiger partial charge in [-0.3, -0.25) is 0 Å². The van der Waals surface area contributed by atoms with Gasteiger partial charge in [0.2, 0.25) is 0 Å². The molecule has 0 nitrogen and oxygen atoms in total. The van der Waals surface area contributed by atoms with Crippen LogP contribution in [0.15, 0.2) is 140 Å². The van der Waals surface area contributed by atoms with Crippen LogP contribution >= 0.6 is 0 Å². The molecule has 6 rings (SSSR count). The molecule has 0 amide bonds. The molecular weight excluding hydrogens is 444 g/mol. The molecule has 0 aliphatic heterocycles. The van der Waals surface area contributed by atoms with Gasteiger partial charge >= 0.3 is 21.7 Å². The molecule has 1 aliphatic rings. The van der Waals surface area contributed by atoms with Gasteiger partial charge in [-0.2, -0.15) is 103 Å². The maximum atomic E-state index is 3.72. The number of fused-ring (bicyclic) bond motifs is 3. The monoisotopic (exact) mass is 472 g/mol. The summed E-state index contributed by atoms with van der Waals surface area (Å²) in [6.07, 6.45) is 3.82. The summed E-state index contributed by atoms with van der Waals surface area (Å²) in [7, 11) is 0. The van der Waals surface area contributed by atoms with Crippen LogP contribution in [0.2, 0.25) is 0 Å². The zero-order chi connectivity index (χ0) is 23.1. The van der Waals surface area contributed by atoms with E-state index in [4.69, 9.17) is 0 Å². The summed E-state index contributed by atoms with van der Waals surface area (Å²) in [5.74, 6) is 0. The zero-order valence-corrected chi connectivity index (χ0v) is 20.9. The fourth-order valence-corrected chi connectivity index (χ4v) is 3.35. The first-order chi connectivity index (χ1) is 16.3. The van der Waals surface area contributed by atoms with Crippen molar-refractivity contribution in [3.63, 3.8) is 0 Å². The Hall–Kier alpha value is -3.45. The van der Waals surface area contributed by atoms with Crippen LogP contribution in [0.4, 0.5) is 0 Å². The molecule has 0 saturated heterocycles. The average molecular weight is 472 g/mol. The third kappa shape index (κ3) is 8.83. The Morgan fingerprint density at radius 3 is 1.82 bits per heavy atom. The molecule has 0 unspecified atom stereocenters. The second-order valence-electron chi connectivity index (χ2n) is 7.39. The second kappa shape index (κ2) is 15.4. The minimum absolute atomic E-state index is 0. The molecule has 0 aromatic heterocycles. The minimum atomic E-state index is 0. The van der Waals surface area contributed by atoms with Crippen LogP contribution in [0.25, 0.3) is 11.1 Å². The van der Waals surface area contributed by atoms with Crippen molar-refractivity contribution < 1.29 is 21.7 Å². The van der Waals surface area contributed by atoms with E-state index >= 15 is 0 Å². The molecular formula is C33H28Ti. The maximum absolute atomic E-state index is 3.72. The van der Waals surface area contributed by atoms with Gasteiger partial charge in [0.25, 0.3) is 0 Å². The minimum Gasteiger partial charge on any atom is -0.214 e. The number of rotatable bonds is 1. The van der Waals surface area contributed by atoms with Gasteiger partial charge in [0.1, 0.15) is 0 Å². The Bertz CT molecular complexity index is 1130. The van der Waals surface area contributed by atoms with Crippen molar-refractivity contribution in [2.45, 2.75) is 6.42 Å². The summed E-state index contributed by atoms with van der Waals surface area (Å²) in [5, 5.41) is 0. The molecule has 5 aromatic carbocycles. The normalized spacial score (nSPS) is 9.65. The van der Waals surface area contributed by atoms with Crippen LogP contribution in [0.1, 0.15) is 22.3 Å². The van der Waals surface area contributed by atoms with E-state index in [2.05, 4.69) is 62.0 Å². The molecule has 0 radical (unpaired) electrons. The van der Waals surface area contributed by atoms with E-state index in [1.807, 2.05) is 97.1 Å². The Morgan fingerprint density at radius 1 is 0.706 bits per heavy atom. The molecule has 0 spiro atoms. The van der Waals surface area contributed by atoms with Gasteiger partial charge in [-0.15, -0.1) is 29.8 Å². The Labute approximate surface area is 219 Å². The Morgan fingerprint density at radius 2 is 1.29 bits per heavy atom. The maximum Gasteiger partial charge on any atom is 4.00 e. The van der Waals surface area contributed by atoms with E-state index in [1.165, 1.54) is 22.3 Å². The first kappa shape index (κ1) is 26.8. The average Bonchev–Trinajstić information content (AvgIpc) is 3.58. The second-order valence-corrected chi connectivity index (χ2v) is 7.39. The summed E-state index contributed by atoms with van der Waals surface area (Å²) < 4.78 is 0. The van der Waals surface area contributed by atoms with Crippen LogP contribution in [0.5, 0.6) is 0 Å². The van der Waals surface area contributed by atoms with Crippen LogP contribution in [-0.2, 0) is 28.1 Å². The molecule has 1 aliphatic carbocycles. The van der Waals surface area contributed by atoms with Crippen LogP contribution < -0.4 is 0 Å². The van der Waals surface area contributed by atoms with E-state index in [1.54, 1.807) is 0 Å². The largest absolute Gasteiger partial charge is 4.00 e. The van der Waals surface area contributed by atoms with E-state index < -0.39 is 0 Å². The summed E-state index contributed by atoms with van der Waals surface area (Å²) in [5.41, 5.74) is 7.63. The predicted octanol–water partition coefficient (Wildman–Crippen LogP) is 8.35. The first-order valence-electron chi connectivity index (χ1n) is 11.0. The third-order valence-corrected chi connectivity index (χ3v) is 4.99. The van der Waals surface area contributed by atoms with E-state index in [-0.39, 0.29) is 21.7 Å². The third-order valence-electron chi connectivity index (χ3n) is 4.99. The molecule has 5 aromatic rings. The number of hydrogen-bond acceptors (Lipinski definition) is 0. The van der Waals surface area contributed by atoms with Crippen LogP contribution in [-0.4, -0.2) is 0 Å². The van der Waals surface area contributed by atoms with E-state index in [9.17, 15) is 0 Å².